The number of rotatable bonds is 1. The fraction of sp³-hybridized carbons (Fsp3) is 0.583. The second kappa shape index (κ2) is 6.83. The first-order chi connectivity index (χ1) is 6.80. The largest absolute Gasteiger partial charge is 0.281 e. The molecule has 0 amide bonds. The molecule has 0 saturated heterocycles. The van der Waals surface area contributed by atoms with Crippen molar-refractivity contribution in [2.75, 3.05) is 0 Å². The van der Waals surface area contributed by atoms with Crippen molar-refractivity contribution in [3.8, 4) is 0 Å². The quantitative estimate of drug-likeness (QED) is 0.477. The highest BCUT2D eigenvalue weighted by atomic mass is 35.5. The van der Waals surface area contributed by atoms with Gasteiger partial charge < -0.3 is 0 Å². The Morgan fingerprint density at radius 2 is 1.71 bits per heavy atom. The molecule has 1 rings (SSSR count). The highest BCUT2D eigenvalue weighted by Crippen LogP contribution is 2.18. The smallest absolute Gasteiger partial charge is 0.225 e. The van der Waals surface area contributed by atoms with Gasteiger partial charge in [-0.3, -0.25) is 4.79 Å². The van der Waals surface area contributed by atoms with Crippen LogP contribution in [0.1, 0.15) is 38.5 Å². The van der Waals surface area contributed by atoms with Crippen molar-refractivity contribution < 1.29 is 4.79 Å². The van der Waals surface area contributed by atoms with Crippen LogP contribution in [0.25, 0.3) is 0 Å². The summed E-state index contributed by atoms with van der Waals surface area (Å²) >= 11 is 5.53. The van der Waals surface area contributed by atoms with Gasteiger partial charge in [0, 0.05) is 5.92 Å². The molecule has 0 saturated carbocycles. The minimum absolute atomic E-state index is 0.0272. The SMILES string of the molecule is O=C(Cl)[C@H]1C/C=C\CC/C=C\CCC1. The fourth-order valence-electron chi connectivity index (χ4n) is 1.61. The summed E-state index contributed by atoms with van der Waals surface area (Å²) < 4.78 is 0. The Morgan fingerprint density at radius 1 is 1.07 bits per heavy atom. The van der Waals surface area contributed by atoms with E-state index in [0.717, 1.165) is 38.5 Å². The van der Waals surface area contributed by atoms with Gasteiger partial charge in [0.15, 0.2) is 0 Å². The van der Waals surface area contributed by atoms with Crippen LogP contribution >= 0.6 is 11.6 Å². The first-order valence-electron chi connectivity index (χ1n) is 5.30. The standard InChI is InChI=1S/C12H17ClO/c13-12(14)11-9-7-5-3-1-2-4-6-8-10-11/h1,3,6,8,11H,2,4-5,7,9-10H2/b3-1-,8-6-/t11-/m1/s1. The van der Waals surface area contributed by atoms with E-state index >= 15 is 0 Å². The Morgan fingerprint density at radius 3 is 2.43 bits per heavy atom. The number of hydrogen-bond donors (Lipinski definition) is 0. The van der Waals surface area contributed by atoms with Gasteiger partial charge in [-0.15, -0.1) is 0 Å². The van der Waals surface area contributed by atoms with Gasteiger partial charge in [-0.05, 0) is 50.1 Å². The summed E-state index contributed by atoms with van der Waals surface area (Å²) in [5, 5.41) is -0.183. The summed E-state index contributed by atoms with van der Waals surface area (Å²) in [4.78, 5) is 11.1. The molecule has 0 N–H and O–H groups in total. The van der Waals surface area contributed by atoms with E-state index in [9.17, 15) is 4.79 Å². The molecule has 0 aliphatic heterocycles. The molecule has 1 aliphatic carbocycles. The fourth-order valence-corrected chi connectivity index (χ4v) is 1.81. The number of halogens is 1. The second-order valence-electron chi connectivity index (χ2n) is 3.69. The van der Waals surface area contributed by atoms with Crippen LogP contribution in [0, 0.1) is 5.92 Å². The summed E-state index contributed by atoms with van der Waals surface area (Å²) in [7, 11) is 0. The highest BCUT2D eigenvalue weighted by molar-refractivity contribution is 6.63. The zero-order valence-electron chi connectivity index (χ0n) is 8.42. The van der Waals surface area contributed by atoms with E-state index in [1.165, 1.54) is 0 Å². The number of hydrogen-bond acceptors (Lipinski definition) is 1. The summed E-state index contributed by atoms with van der Waals surface area (Å²) in [5.74, 6) is 0.0272. The molecule has 1 atom stereocenters. The van der Waals surface area contributed by atoms with Gasteiger partial charge in [0.25, 0.3) is 0 Å². The van der Waals surface area contributed by atoms with Gasteiger partial charge in [-0.25, -0.2) is 0 Å². The predicted molar refractivity (Wildman–Crippen MR) is 60.3 cm³/mol. The summed E-state index contributed by atoms with van der Waals surface area (Å²) in [6.45, 7) is 0. The molecule has 0 bridgehead atoms. The van der Waals surface area contributed by atoms with Crippen LogP contribution < -0.4 is 0 Å². The van der Waals surface area contributed by atoms with E-state index in [1.807, 2.05) is 0 Å². The first kappa shape index (κ1) is 11.5. The van der Waals surface area contributed by atoms with Crippen molar-refractivity contribution >= 4 is 16.8 Å². The zero-order valence-corrected chi connectivity index (χ0v) is 9.17. The topological polar surface area (TPSA) is 17.1 Å². The molecule has 0 spiro atoms. The molecular weight excluding hydrogens is 196 g/mol. The van der Waals surface area contributed by atoms with Crippen LogP contribution in [0.2, 0.25) is 0 Å². The van der Waals surface area contributed by atoms with E-state index < -0.39 is 0 Å². The minimum atomic E-state index is -0.183. The molecule has 0 heterocycles. The van der Waals surface area contributed by atoms with Crippen molar-refractivity contribution in [3.05, 3.63) is 24.3 Å². The molecule has 0 aromatic carbocycles. The van der Waals surface area contributed by atoms with Crippen molar-refractivity contribution in [2.24, 2.45) is 5.92 Å². The summed E-state index contributed by atoms with van der Waals surface area (Å²) in [6, 6.07) is 0. The number of allylic oxidation sites excluding steroid dienone is 4. The maximum absolute atomic E-state index is 11.1. The molecule has 1 aliphatic rings. The monoisotopic (exact) mass is 212 g/mol. The lowest BCUT2D eigenvalue weighted by Gasteiger charge is -2.08. The van der Waals surface area contributed by atoms with Crippen LogP contribution in [-0.2, 0) is 4.79 Å². The molecular formula is C12H17ClO. The molecule has 0 radical (unpaired) electrons. The predicted octanol–water partition coefficient (Wildman–Crippen LogP) is 3.83. The van der Waals surface area contributed by atoms with Crippen LogP contribution in [0.4, 0.5) is 0 Å². The van der Waals surface area contributed by atoms with E-state index in [2.05, 4.69) is 24.3 Å². The van der Waals surface area contributed by atoms with Crippen molar-refractivity contribution in [2.45, 2.75) is 38.5 Å². The Kier molecular flexibility index (Phi) is 5.62. The van der Waals surface area contributed by atoms with Gasteiger partial charge >= 0.3 is 0 Å². The molecule has 0 unspecified atom stereocenters. The number of carbonyl (C=O) groups excluding carboxylic acids is 1. The molecule has 14 heavy (non-hydrogen) atoms. The first-order valence-corrected chi connectivity index (χ1v) is 5.68. The normalized spacial score (nSPS) is 28.8. The van der Waals surface area contributed by atoms with E-state index in [1.54, 1.807) is 0 Å². The van der Waals surface area contributed by atoms with Crippen LogP contribution in [0.15, 0.2) is 24.3 Å². The maximum atomic E-state index is 11.1. The molecule has 0 aromatic rings. The average molecular weight is 213 g/mol. The molecule has 0 fully saturated rings. The van der Waals surface area contributed by atoms with Crippen molar-refractivity contribution in [3.63, 3.8) is 0 Å². The highest BCUT2D eigenvalue weighted by Gasteiger charge is 2.13. The average Bonchev–Trinajstić information content (AvgIpc) is 2.21. The Bertz CT molecular complexity index is 230. The third-order valence-electron chi connectivity index (χ3n) is 2.50. The lowest BCUT2D eigenvalue weighted by Crippen LogP contribution is -2.07. The van der Waals surface area contributed by atoms with Gasteiger partial charge in [0.1, 0.15) is 0 Å². The Balaban J connectivity index is 2.48. The van der Waals surface area contributed by atoms with Crippen LogP contribution in [0.5, 0.6) is 0 Å². The molecule has 1 nitrogen and oxygen atoms in total. The van der Waals surface area contributed by atoms with Gasteiger partial charge in [-0.2, -0.15) is 0 Å². The number of carbonyl (C=O) groups is 1. The molecule has 2 heteroatoms. The Hall–Kier alpha value is -0.560. The third-order valence-corrected chi connectivity index (χ3v) is 2.81. The van der Waals surface area contributed by atoms with E-state index in [-0.39, 0.29) is 11.2 Å². The van der Waals surface area contributed by atoms with E-state index in [4.69, 9.17) is 11.6 Å². The minimum Gasteiger partial charge on any atom is -0.281 e. The second-order valence-corrected chi connectivity index (χ2v) is 4.06. The lowest BCUT2D eigenvalue weighted by atomic mass is 9.99. The third kappa shape index (κ3) is 4.61. The Labute approximate surface area is 90.8 Å². The van der Waals surface area contributed by atoms with Gasteiger partial charge in [-0.1, -0.05) is 24.3 Å². The van der Waals surface area contributed by atoms with Crippen molar-refractivity contribution in [1.82, 2.24) is 0 Å². The van der Waals surface area contributed by atoms with E-state index in [0.29, 0.717) is 0 Å². The maximum Gasteiger partial charge on any atom is 0.225 e. The summed E-state index contributed by atoms with van der Waals surface area (Å²) in [5.41, 5.74) is 0. The van der Waals surface area contributed by atoms with Crippen LogP contribution in [-0.4, -0.2) is 5.24 Å². The van der Waals surface area contributed by atoms with Crippen LogP contribution in [0.3, 0.4) is 0 Å². The van der Waals surface area contributed by atoms with Crippen molar-refractivity contribution in [1.29, 1.82) is 0 Å². The molecule has 78 valence electrons. The van der Waals surface area contributed by atoms with Gasteiger partial charge in [0.2, 0.25) is 5.24 Å². The lowest BCUT2D eigenvalue weighted by molar-refractivity contribution is -0.115. The zero-order chi connectivity index (χ0) is 10.2. The molecule has 0 aromatic heterocycles. The summed E-state index contributed by atoms with van der Waals surface area (Å²) in [6.07, 6.45) is 14.7. The van der Waals surface area contributed by atoms with Gasteiger partial charge in [0.05, 0.1) is 0 Å².